The number of hydrogen-bond donors (Lipinski definition) is 1. The largest absolute Gasteiger partial charge is 0.418 e. The number of para-hydroxylation sites is 1. The number of alkyl halides is 3. The van der Waals surface area contributed by atoms with Crippen molar-refractivity contribution < 1.29 is 18.0 Å². The summed E-state index contributed by atoms with van der Waals surface area (Å²) in [6, 6.07) is 17.5. The van der Waals surface area contributed by atoms with Gasteiger partial charge in [-0.2, -0.15) is 13.2 Å². The molecule has 0 saturated carbocycles. The molecule has 0 atom stereocenters. The molecule has 1 heterocycles. The van der Waals surface area contributed by atoms with E-state index in [1.54, 1.807) is 12.1 Å². The fourth-order valence-corrected chi connectivity index (χ4v) is 2.85. The Labute approximate surface area is 149 Å². The van der Waals surface area contributed by atoms with Gasteiger partial charge in [0.15, 0.2) is 0 Å². The van der Waals surface area contributed by atoms with E-state index in [-0.39, 0.29) is 11.4 Å². The quantitative estimate of drug-likeness (QED) is 0.680. The van der Waals surface area contributed by atoms with Gasteiger partial charge in [-0.05, 0) is 24.6 Å². The van der Waals surface area contributed by atoms with Crippen LogP contribution in [0.1, 0.15) is 21.7 Å². The maximum absolute atomic E-state index is 13.1. The summed E-state index contributed by atoms with van der Waals surface area (Å²) in [4.78, 5) is 12.6. The van der Waals surface area contributed by atoms with Gasteiger partial charge < -0.3 is 9.88 Å². The lowest BCUT2D eigenvalue weighted by molar-refractivity contribution is -0.138. The summed E-state index contributed by atoms with van der Waals surface area (Å²) in [7, 11) is 1.45. The van der Waals surface area contributed by atoms with E-state index in [0.717, 1.165) is 17.2 Å². The van der Waals surface area contributed by atoms with Crippen LogP contribution in [0, 0.1) is 6.92 Å². The molecule has 0 bridgehead atoms. The van der Waals surface area contributed by atoms with E-state index in [0.29, 0.717) is 5.69 Å². The van der Waals surface area contributed by atoms with Crippen molar-refractivity contribution in [2.45, 2.75) is 13.1 Å². The zero-order chi connectivity index (χ0) is 18.9. The molecule has 0 saturated heterocycles. The highest BCUT2D eigenvalue weighted by atomic mass is 19.4. The molecule has 134 valence electrons. The number of amides is 1. The number of benzene rings is 2. The van der Waals surface area contributed by atoms with Gasteiger partial charge in [0.2, 0.25) is 0 Å². The highest BCUT2D eigenvalue weighted by Crippen LogP contribution is 2.34. The summed E-state index contributed by atoms with van der Waals surface area (Å²) in [6.07, 6.45) is -4.50. The third-order valence-corrected chi connectivity index (χ3v) is 4.33. The van der Waals surface area contributed by atoms with Gasteiger partial charge in [-0.1, -0.05) is 48.5 Å². The van der Waals surface area contributed by atoms with Crippen LogP contribution in [0.5, 0.6) is 0 Å². The molecular weight excluding hydrogens is 341 g/mol. The molecule has 3 nitrogen and oxygen atoms in total. The van der Waals surface area contributed by atoms with E-state index in [4.69, 9.17) is 0 Å². The molecule has 26 heavy (non-hydrogen) atoms. The van der Waals surface area contributed by atoms with Gasteiger partial charge in [0.05, 0.1) is 5.56 Å². The van der Waals surface area contributed by atoms with E-state index < -0.39 is 17.6 Å². The van der Waals surface area contributed by atoms with Crippen molar-refractivity contribution in [3.63, 3.8) is 0 Å². The number of nitrogens with zero attached hydrogens (tertiary/aromatic N) is 1. The molecule has 0 aliphatic carbocycles. The van der Waals surface area contributed by atoms with Crippen molar-refractivity contribution in [1.29, 1.82) is 0 Å². The normalized spacial score (nSPS) is 11.4. The van der Waals surface area contributed by atoms with E-state index in [1.165, 1.54) is 18.5 Å². The third-order valence-electron chi connectivity index (χ3n) is 4.33. The predicted molar refractivity (Wildman–Crippen MR) is 95.0 cm³/mol. The van der Waals surface area contributed by atoms with E-state index in [9.17, 15) is 18.0 Å². The van der Waals surface area contributed by atoms with Crippen LogP contribution < -0.4 is 5.32 Å². The van der Waals surface area contributed by atoms with Gasteiger partial charge in [-0.15, -0.1) is 0 Å². The molecule has 1 amide bonds. The average molecular weight is 358 g/mol. The molecule has 6 heteroatoms. The fourth-order valence-electron chi connectivity index (χ4n) is 2.85. The van der Waals surface area contributed by atoms with Crippen LogP contribution >= 0.6 is 0 Å². The number of aromatic nitrogens is 1. The lowest BCUT2D eigenvalue weighted by Gasteiger charge is -2.12. The molecule has 0 radical (unpaired) electrons. The van der Waals surface area contributed by atoms with Gasteiger partial charge in [0.25, 0.3) is 5.91 Å². The van der Waals surface area contributed by atoms with Crippen LogP contribution in [0.3, 0.4) is 0 Å². The van der Waals surface area contributed by atoms with Crippen LogP contribution in [0.25, 0.3) is 11.1 Å². The number of rotatable bonds is 3. The Hall–Kier alpha value is -3.02. The summed E-state index contributed by atoms with van der Waals surface area (Å²) in [5.41, 5.74) is 1.39. The standard InChI is InChI=1S/C20H17F3N2O/c1-13-16(20(21,22)23)12-18(25(13)2)19(26)24-17-11-7-6-10-15(17)14-8-4-3-5-9-14/h3-12H,1-2H3,(H,24,26). The molecule has 3 aromatic rings. The first kappa shape index (κ1) is 17.8. The Morgan fingerprint density at radius 3 is 2.23 bits per heavy atom. The van der Waals surface area contributed by atoms with Crippen LogP contribution in [-0.4, -0.2) is 10.5 Å². The van der Waals surface area contributed by atoms with E-state index in [1.807, 2.05) is 42.5 Å². The van der Waals surface area contributed by atoms with E-state index in [2.05, 4.69) is 5.32 Å². The van der Waals surface area contributed by atoms with Gasteiger partial charge in [0.1, 0.15) is 5.69 Å². The van der Waals surface area contributed by atoms with E-state index >= 15 is 0 Å². The van der Waals surface area contributed by atoms with Crippen LogP contribution in [-0.2, 0) is 13.2 Å². The summed E-state index contributed by atoms with van der Waals surface area (Å²) < 4.78 is 40.5. The second-order valence-electron chi connectivity index (χ2n) is 5.95. The SMILES string of the molecule is Cc1c(C(F)(F)F)cc(C(=O)Nc2ccccc2-c2ccccc2)n1C. The zero-order valence-electron chi connectivity index (χ0n) is 14.3. The van der Waals surface area contributed by atoms with Gasteiger partial charge in [0, 0.05) is 24.0 Å². The van der Waals surface area contributed by atoms with Crippen molar-refractivity contribution >= 4 is 11.6 Å². The molecule has 0 aliphatic rings. The number of carbonyl (C=O) groups is 1. The summed E-state index contributed by atoms with van der Waals surface area (Å²) >= 11 is 0. The monoisotopic (exact) mass is 358 g/mol. The highest BCUT2D eigenvalue weighted by molar-refractivity contribution is 6.05. The second-order valence-corrected chi connectivity index (χ2v) is 5.95. The molecule has 0 aliphatic heterocycles. The zero-order valence-corrected chi connectivity index (χ0v) is 14.3. The van der Waals surface area contributed by atoms with Gasteiger partial charge in [-0.3, -0.25) is 4.79 Å². The molecular formula is C20H17F3N2O. The number of hydrogen-bond acceptors (Lipinski definition) is 1. The lowest BCUT2D eigenvalue weighted by atomic mass is 10.0. The predicted octanol–water partition coefficient (Wildman–Crippen LogP) is 5.27. The minimum absolute atomic E-state index is 0.000931. The molecule has 1 aromatic heterocycles. The van der Waals surface area contributed by atoms with Crippen molar-refractivity contribution in [1.82, 2.24) is 4.57 Å². The van der Waals surface area contributed by atoms with Crippen LogP contribution in [0.2, 0.25) is 0 Å². The first-order chi connectivity index (χ1) is 12.3. The summed E-state index contributed by atoms with van der Waals surface area (Å²) in [5, 5.41) is 2.73. The number of carbonyl (C=O) groups excluding carboxylic acids is 1. The molecule has 0 unspecified atom stereocenters. The van der Waals surface area contributed by atoms with Gasteiger partial charge in [-0.25, -0.2) is 0 Å². The van der Waals surface area contributed by atoms with Gasteiger partial charge >= 0.3 is 6.18 Å². The van der Waals surface area contributed by atoms with Crippen molar-refractivity contribution in [3.8, 4) is 11.1 Å². The Morgan fingerprint density at radius 2 is 1.62 bits per heavy atom. The smallest absolute Gasteiger partial charge is 0.343 e. The highest BCUT2D eigenvalue weighted by Gasteiger charge is 2.35. The van der Waals surface area contributed by atoms with Crippen molar-refractivity contribution in [2.24, 2.45) is 7.05 Å². The first-order valence-corrected chi connectivity index (χ1v) is 7.98. The maximum atomic E-state index is 13.1. The maximum Gasteiger partial charge on any atom is 0.418 e. The molecule has 3 rings (SSSR count). The summed E-state index contributed by atoms with van der Waals surface area (Å²) in [6.45, 7) is 1.34. The first-order valence-electron chi connectivity index (χ1n) is 7.98. The number of halogens is 3. The molecule has 1 N–H and O–H groups in total. The third kappa shape index (κ3) is 3.35. The van der Waals surface area contributed by atoms with Crippen LogP contribution in [0.15, 0.2) is 60.7 Å². The minimum Gasteiger partial charge on any atom is -0.343 e. The number of anilines is 1. The summed E-state index contributed by atoms with van der Waals surface area (Å²) in [5.74, 6) is -0.588. The Balaban J connectivity index is 1.96. The Morgan fingerprint density at radius 1 is 1.00 bits per heavy atom. The Bertz CT molecular complexity index is 943. The minimum atomic E-state index is -4.50. The van der Waals surface area contributed by atoms with Crippen LogP contribution in [0.4, 0.5) is 18.9 Å². The second kappa shape index (κ2) is 6.71. The van der Waals surface area contributed by atoms with Crippen molar-refractivity contribution in [2.75, 3.05) is 5.32 Å². The molecule has 0 fully saturated rings. The molecule has 2 aromatic carbocycles. The molecule has 0 spiro atoms. The average Bonchev–Trinajstić information content (AvgIpc) is 2.92. The lowest BCUT2D eigenvalue weighted by Crippen LogP contribution is -2.16. The number of nitrogens with one attached hydrogen (secondary N) is 1. The topological polar surface area (TPSA) is 34.0 Å². The van der Waals surface area contributed by atoms with Crippen molar-refractivity contribution in [3.05, 3.63) is 77.6 Å². The fraction of sp³-hybridized carbons (Fsp3) is 0.150. The Kier molecular flexibility index (Phi) is 4.59.